The molecule has 19 heavy (non-hydrogen) atoms. The van der Waals surface area contributed by atoms with Crippen LogP contribution in [0, 0.1) is 5.82 Å². The molecule has 0 aromatic heterocycles. The second kappa shape index (κ2) is 6.02. The average Bonchev–Trinajstić information content (AvgIpc) is 2.38. The van der Waals surface area contributed by atoms with Crippen LogP contribution < -0.4 is 5.32 Å². The van der Waals surface area contributed by atoms with E-state index >= 15 is 0 Å². The van der Waals surface area contributed by atoms with Crippen molar-refractivity contribution >= 4 is 6.09 Å². The van der Waals surface area contributed by atoms with Gasteiger partial charge >= 0.3 is 6.09 Å². The number of alkyl carbamates (subject to hydrolysis) is 1. The van der Waals surface area contributed by atoms with Crippen LogP contribution in [-0.2, 0) is 4.74 Å². The van der Waals surface area contributed by atoms with Crippen molar-refractivity contribution in [2.45, 2.75) is 18.4 Å². The molecule has 0 saturated carbocycles. The summed E-state index contributed by atoms with van der Waals surface area (Å²) in [4.78, 5) is 13.4. The molecule has 1 amide bonds. The first-order valence-corrected chi connectivity index (χ1v) is 6.37. The fourth-order valence-electron chi connectivity index (χ4n) is 2.65. The van der Waals surface area contributed by atoms with Gasteiger partial charge in [-0.1, -0.05) is 12.1 Å². The standard InChI is InChI=1S/C14H19FN2O2/c1-17-8-11(10-4-3-5-12(15)6-10)7-13(9-17)16-14(18)19-2/h3-6,11,13H,7-9H2,1-2H3,(H,16,18). The van der Waals surface area contributed by atoms with E-state index in [2.05, 4.69) is 15.0 Å². The van der Waals surface area contributed by atoms with Crippen molar-refractivity contribution < 1.29 is 13.9 Å². The number of carbonyl (C=O) groups is 1. The van der Waals surface area contributed by atoms with Gasteiger partial charge in [-0.05, 0) is 37.1 Å². The quantitative estimate of drug-likeness (QED) is 0.890. The number of halogens is 1. The molecule has 0 spiro atoms. The third-order valence-corrected chi connectivity index (χ3v) is 3.46. The van der Waals surface area contributed by atoms with Crippen LogP contribution >= 0.6 is 0 Å². The van der Waals surface area contributed by atoms with Crippen molar-refractivity contribution in [3.8, 4) is 0 Å². The van der Waals surface area contributed by atoms with Gasteiger partial charge in [-0.25, -0.2) is 9.18 Å². The molecule has 0 bridgehead atoms. The summed E-state index contributed by atoms with van der Waals surface area (Å²) in [5, 5.41) is 2.82. The molecule has 1 aliphatic heterocycles. The Morgan fingerprint density at radius 3 is 2.95 bits per heavy atom. The lowest BCUT2D eigenvalue weighted by atomic mass is 9.88. The molecule has 1 saturated heterocycles. The number of rotatable bonds is 2. The molecule has 0 aliphatic carbocycles. The van der Waals surface area contributed by atoms with Crippen molar-refractivity contribution in [1.29, 1.82) is 0 Å². The summed E-state index contributed by atoms with van der Waals surface area (Å²) in [6.07, 6.45) is 0.376. The Morgan fingerprint density at radius 1 is 1.47 bits per heavy atom. The van der Waals surface area contributed by atoms with E-state index in [1.165, 1.54) is 13.2 Å². The molecule has 1 heterocycles. The maximum atomic E-state index is 13.3. The highest BCUT2D eigenvalue weighted by atomic mass is 19.1. The number of methoxy groups -OCH3 is 1. The minimum absolute atomic E-state index is 0.0273. The van der Waals surface area contributed by atoms with E-state index in [1.807, 2.05) is 13.1 Å². The van der Waals surface area contributed by atoms with Gasteiger partial charge < -0.3 is 15.0 Å². The lowest BCUT2D eigenvalue weighted by Gasteiger charge is -2.36. The first-order chi connectivity index (χ1) is 9.08. The second-order valence-electron chi connectivity index (χ2n) is 5.04. The second-order valence-corrected chi connectivity index (χ2v) is 5.04. The van der Waals surface area contributed by atoms with Crippen molar-refractivity contribution in [2.75, 3.05) is 27.2 Å². The number of piperidine rings is 1. The highest BCUT2D eigenvalue weighted by Crippen LogP contribution is 2.26. The Morgan fingerprint density at radius 2 is 2.26 bits per heavy atom. The normalized spacial score (nSPS) is 23.9. The smallest absolute Gasteiger partial charge is 0.407 e. The Kier molecular flexibility index (Phi) is 4.37. The number of nitrogens with one attached hydrogen (secondary N) is 1. The molecular formula is C14H19FN2O2. The largest absolute Gasteiger partial charge is 0.453 e. The molecule has 104 valence electrons. The molecule has 2 rings (SSSR count). The van der Waals surface area contributed by atoms with E-state index in [9.17, 15) is 9.18 Å². The number of hydrogen-bond donors (Lipinski definition) is 1. The summed E-state index contributed by atoms with van der Waals surface area (Å²) >= 11 is 0. The average molecular weight is 266 g/mol. The van der Waals surface area contributed by atoms with Crippen LogP contribution in [0.15, 0.2) is 24.3 Å². The molecule has 4 nitrogen and oxygen atoms in total. The van der Waals surface area contributed by atoms with Crippen LogP contribution in [0.1, 0.15) is 17.9 Å². The summed E-state index contributed by atoms with van der Waals surface area (Å²) in [5.74, 6) is -0.000176. The van der Waals surface area contributed by atoms with Crippen molar-refractivity contribution in [1.82, 2.24) is 10.2 Å². The zero-order valence-electron chi connectivity index (χ0n) is 11.2. The third-order valence-electron chi connectivity index (χ3n) is 3.46. The van der Waals surface area contributed by atoms with E-state index in [4.69, 9.17) is 0 Å². The van der Waals surface area contributed by atoms with Gasteiger partial charge in [0.05, 0.1) is 7.11 Å². The maximum Gasteiger partial charge on any atom is 0.407 e. The Labute approximate surface area is 112 Å². The number of carbonyl (C=O) groups excluding carboxylic acids is 1. The lowest BCUT2D eigenvalue weighted by Crippen LogP contribution is -2.48. The minimum Gasteiger partial charge on any atom is -0.453 e. The number of amides is 1. The number of likely N-dealkylation sites (tertiary alicyclic amines) is 1. The monoisotopic (exact) mass is 266 g/mol. The van der Waals surface area contributed by atoms with Gasteiger partial charge in [-0.15, -0.1) is 0 Å². The maximum absolute atomic E-state index is 13.3. The van der Waals surface area contributed by atoms with Crippen LogP contribution in [0.4, 0.5) is 9.18 Å². The summed E-state index contributed by atoms with van der Waals surface area (Å²) in [6, 6.07) is 6.70. The predicted molar refractivity (Wildman–Crippen MR) is 70.6 cm³/mol. The molecule has 1 aromatic rings. The Balaban J connectivity index is 2.07. The fourth-order valence-corrected chi connectivity index (χ4v) is 2.65. The summed E-state index contributed by atoms with van der Waals surface area (Å²) in [5.41, 5.74) is 0.975. The van der Waals surface area contributed by atoms with Crippen LogP contribution in [0.2, 0.25) is 0 Å². The molecule has 5 heteroatoms. The van der Waals surface area contributed by atoms with E-state index in [0.717, 1.165) is 25.1 Å². The molecule has 1 fully saturated rings. The Hall–Kier alpha value is -1.62. The third kappa shape index (κ3) is 3.67. The van der Waals surface area contributed by atoms with Gasteiger partial charge in [0.1, 0.15) is 5.82 Å². The lowest BCUT2D eigenvalue weighted by molar-refractivity contribution is 0.150. The summed E-state index contributed by atoms with van der Waals surface area (Å²) in [6.45, 7) is 1.64. The van der Waals surface area contributed by atoms with Crippen molar-refractivity contribution in [3.05, 3.63) is 35.6 Å². The number of nitrogens with zero attached hydrogens (tertiary/aromatic N) is 1. The van der Waals surface area contributed by atoms with Crippen LogP contribution in [-0.4, -0.2) is 44.3 Å². The van der Waals surface area contributed by atoms with Crippen molar-refractivity contribution in [3.63, 3.8) is 0 Å². The summed E-state index contributed by atoms with van der Waals surface area (Å²) < 4.78 is 17.9. The topological polar surface area (TPSA) is 41.6 Å². The highest BCUT2D eigenvalue weighted by molar-refractivity contribution is 5.67. The SMILES string of the molecule is COC(=O)NC1CC(c2cccc(F)c2)CN(C)C1. The summed E-state index contributed by atoms with van der Waals surface area (Å²) in [7, 11) is 3.35. The number of likely N-dealkylation sites (N-methyl/N-ethyl adjacent to an activating group) is 1. The zero-order valence-corrected chi connectivity index (χ0v) is 11.2. The van der Waals surface area contributed by atoms with Crippen LogP contribution in [0.5, 0.6) is 0 Å². The van der Waals surface area contributed by atoms with E-state index in [0.29, 0.717) is 0 Å². The minimum atomic E-state index is -0.418. The number of hydrogen-bond acceptors (Lipinski definition) is 3. The zero-order chi connectivity index (χ0) is 13.8. The van der Waals surface area contributed by atoms with Crippen LogP contribution in [0.25, 0.3) is 0 Å². The highest BCUT2D eigenvalue weighted by Gasteiger charge is 2.27. The van der Waals surface area contributed by atoms with Gasteiger partial charge in [0.25, 0.3) is 0 Å². The van der Waals surface area contributed by atoms with Gasteiger partial charge in [0, 0.05) is 19.1 Å². The molecule has 2 unspecified atom stereocenters. The van der Waals surface area contributed by atoms with Gasteiger partial charge in [-0.3, -0.25) is 0 Å². The first kappa shape index (κ1) is 13.8. The Bertz CT molecular complexity index is 453. The molecule has 1 aromatic carbocycles. The molecular weight excluding hydrogens is 247 g/mol. The predicted octanol–water partition coefficient (Wildman–Crippen LogP) is 1.97. The van der Waals surface area contributed by atoms with Crippen LogP contribution in [0.3, 0.4) is 0 Å². The van der Waals surface area contributed by atoms with E-state index < -0.39 is 6.09 Å². The van der Waals surface area contributed by atoms with Gasteiger partial charge in [0.2, 0.25) is 0 Å². The number of benzene rings is 1. The van der Waals surface area contributed by atoms with Gasteiger partial charge in [0.15, 0.2) is 0 Å². The van der Waals surface area contributed by atoms with Gasteiger partial charge in [-0.2, -0.15) is 0 Å². The molecule has 2 atom stereocenters. The van der Waals surface area contributed by atoms with Crippen molar-refractivity contribution in [2.24, 2.45) is 0 Å². The van der Waals surface area contributed by atoms with E-state index in [-0.39, 0.29) is 17.8 Å². The molecule has 0 radical (unpaired) electrons. The molecule has 1 N–H and O–H groups in total. The first-order valence-electron chi connectivity index (χ1n) is 6.37. The van der Waals surface area contributed by atoms with E-state index in [1.54, 1.807) is 12.1 Å². The fraction of sp³-hybridized carbons (Fsp3) is 0.500. The molecule has 1 aliphatic rings. The number of ether oxygens (including phenoxy) is 1.